The molecule has 0 aliphatic carbocycles. The standard InChI is InChI=1S/C27H22BrF3N2O3/c1-3-35-24-13-19(12-23(28)25(24)36-16-18-9-7-17(2)8-10-18)11-20(15-32)26(34)33-22-6-4-5-21(14-22)27(29,30)31/h4-14H,3,16H2,1-2H3,(H,33,34)/b20-11+. The monoisotopic (exact) mass is 558 g/mol. The molecule has 3 aromatic rings. The number of halogens is 4. The quantitative estimate of drug-likeness (QED) is 0.232. The fourth-order valence-corrected chi connectivity index (χ4v) is 3.78. The van der Waals surface area contributed by atoms with E-state index in [2.05, 4.69) is 21.2 Å². The van der Waals surface area contributed by atoms with Crippen molar-refractivity contribution in [2.75, 3.05) is 11.9 Å². The summed E-state index contributed by atoms with van der Waals surface area (Å²) in [5, 5.41) is 11.9. The minimum absolute atomic E-state index is 0.0768. The van der Waals surface area contributed by atoms with Crippen molar-refractivity contribution in [3.8, 4) is 17.6 Å². The lowest BCUT2D eigenvalue weighted by Crippen LogP contribution is -2.14. The largest absolute Gasteiger partial charge is 0.490 e. The molecule has 1 N–H and O–H groups in total. The van der Waals surface area contributed by atoms with Gasteiger partial charge in [-0.2, -0.15) is 18.4 Å². The number of aryl methyl sites for hydroxylation is 1. The highest BCUT2D eigenvalue weighted by Crippen LogP contribution is 2.38. The van der Waals surface area contributed by atoms with Crippen molar-refractivity contribution in [1.29, 1.82) is 5.26 Å². The Bertz CT molecular complexity index is 1310. The van der Waals surface area contributed by atoms with Gasteiger partial charge in [0.05, 0.1) is 16.6 Å². The molecular formula is C27H22BrF3N2O3. The van der Waals surface area contributed by atoms with Crippen molar-refractivity contribution in [2.24, 2.45) is 0 Å². The van der Waals surface area contributed by atoms with Crippen LogP contribution in [0, 0.1) is 18.3 Å². The zero-order valence-electron chi connectivity index (χ0n) is 19.4. The van der Waals surface area contributed by atoms with E-state index in [1.165, 1.54) is 18.2 Å². The molecule has 0 aromatic heterocycles. The maximum absolute atomic E-state index is 13.0. The van der Waals surface area contributed by atoms with E-state index in [0.717, 1.165) is 23.3 Å². The van der Waals surface area contributed by atoms with E-state index in [0.29, 0.717) is 34.7 Å². The van der Waals surface area contributed by atoms with Gasteiger partial charge in [-0.3, -0.25) is 4.79 Å². The summed E-state index contributed by atoms with van der Waals surface area (Å²) in [6.45, 7) is 4.46. The van der Waals surface area contributed by atoms with Crippen LogP contribution in [0.4, 0.5) is 18.9 Å². The first-order valence-corrected chi connectivity index (χ1v) is 11.6. The predicted molar refractivity (Wildman–Crippen MR) is 134 cm³/mol. The van der Waals surface area contributed by atoms with Gasteiger partial charge in [0.25, 0.3) is 5.91 Å². The van der Waals surface area contributed by atoms with Gasteiger partial charge in [-0.25, -0.2) is 0 Å². The average molecular weight is 559 g/mol. The number of nitriles is 1. The molecule has 0 bridgehead atoms. The molecule has 0 heterocycles. The molecule has 3 rings (SSSR count). The highest BCUT2D eigenvalue weighted by Gasteiger charge is 2.30. The molecule has 0 spiro atoms. The van der Waals surface area contributed by atoms with E-state index in [-0.39, 0.29) is 11.3 Å². The molecule has 0 radical (unpaired) electrons. The SMILES string of the molecule is CCOc1cc(/C=C(\C#N)C(=O)Nc2cccc(C(F)(F)F)c2)cc(Br)c1OCc1ccc(C)cc1. The Balaban J connectivity index is 1.84. The van der Waals surface area contributed by atoms with E-state index in [1.54, 1.807) is 18.2 Å². The molecule has 186 valence electrons. The highest BCUT2D eigenvalue weighted by atomic mass is 79.9. The van der Waals surface area contributed by atoms with Crippen molar-refractivity contribution in [3.63, 3.8) is 0 Å². The maximum atomic E-state index is 13.0. The topological polar surface area (TPSA) is 71.3 Å². The van der Waals surface area contributed by atoms with Gasteiger partial charge in [-0.1, -0.05) is 35.9 Å². The van der Waals surface area contributed by atoms with Gasteiger partial charge >= 0.3 is 6.18 Å². The van der Waals surface area contributed by atoms with Gasteiger partial charge in [0.2, 0.25) is 0 Å². The second-order valence-electron chi connectivity index (χ2n) is 7.74. The zero-order chi connectivity index (χ0) is 26.3. The molecule has 5 nitrogen and oxygen atoms in total. The predicted octanol–water partition coefficient (Wildman–Crippen LogP) is 7.30. The third-order valence-electron chi connectivity index (χ3n) is 4.96. The van der Waals surface area contributed by atoms with Gasteiger partial charge < -0.3 is 14.8 Å². The lowest BCUT2D eigenvalue weighted by atomic mass is 10.1. The number of ether oxygens (including phenoxy) is 2. The molecular weight excluding hydrogens is 537 g/mol. The fourth-order valence-electron chi connectivity index (χ4n) is 3.20. The number of rotatable bonds is 8. The number of benzene rings is 3. The fraction of sp³-hybridized carbons (Fsp3) is 0.185. The number of hydrogen-bond acceptors (Lipinski definition) is 4. The third kappa shape index (κ3) is 7.12. The van der Waals surface area contributed by atoms with Crippen LogP contribution < -0.4 is 14.8 Å². The number of alkyl halides is 3. The van der Waals surface area contributed by atoms with Crippen LogP contribution in [0.15, 0.2) is 70.7 Å². The van der Waals surface area contributed by atoms with Crippen molar-refractivity contribution in [1.82, 2.24) is 0 Å². The normalized spacial score (nSPS) is 11.5. The van der Waals surface area contributed by atoms with Crippen LogP contribution in [0.3, 0.4) is 0 Å². The Morgan fingerprint density at radius 2 is 1.83 bits per heavy atom. The Kier molecular flexibility index (Phi) is 8.78. The molecule has 36 heavy (non-hydrogen) atoms. The Hall–Kier alpha value is -3.77. The smallest absolute Gasteiger partial charge is 0.416 e. The first kappa shape index (κ1) is 26.8. The van der Waals surface area contributed by atoms with Gasteiger partial charge in [-0.05, 0) is 77.3 Å². The number of nitrogens with zero attached hydrogens (tertiary/aromatic N) is 1. The molecule has 0 saturated carbocycles. The van der Waals surface area contributed by atoms with Gasteiger partial charge in [0.1, 0.15) is 18.2 Å². The molecule has 0 fully saturated rings. The lowest BCUT2D eigenvalue weighted by molar-refractivity contribution is -0.137. The van der Waals surface area contributed by atoms with Gasteiger partial charge in [0.15, 0.2) is 11.5 Å². The summed E-state index contributed by atoms with van der Waals surface area (Å²) in [6.07, 6.45) is -3.24. The van der Waals surface area contributed by atoms with E-state index in [1.807, 2.05) is 38.1 Å². The average Bonchev–Trinajstić information content (AvgIpc) is 2.83. The molecule has 0 atom stereocenters. The Morgan fingerprint density at radius 1 is 1.11 bits per heavy atom. The molecule has 3 aromatic carbocycles. The summed E-state index contributed by atoms with van der Waals surface area (Å²) in [7, 11) is 0. The zero-order valence-corrected chi connectivity index (χ0v) is 21.0. The third-order valence-corrected chi connectivity index (χ3v) is 5.55. The molecule has 9 heteroatoms. The van der Waals surface area contributed by atoms with Crippen LogP contribution in [-0.4, -0.2) is 12.5 Å². The summed E-state index contributed by atoms with van der Waals surface area (Å²) in [5.41, 5.74) is 1.29. The number of anilines is 1. The second-order valence-corrected chi connectivity index (χ2v) is 8.59. The van der Waals surface area contributed by atoms with Gasteiger partial charge in [-0.15, -0.1) is 0 Å². The first-order valence-electron chi connectivity index (χ1n) is 10.9. The number of amides is 1. The molecule has 0 aliphatic rings. The van der Waals surface area contributed by atoms with E-state index in [4.69, 9.17) is 9.47 Å². The number of nitrogens with one attached hydrogen (secondary N) is 1. The number of carbonyl (C=O) groups is 1. The van der Waals surface area contributed by atoms with E-state index < -0.39 is 17.6 Å². The van der Waals surface area contributed by atoms with Crippen LogP contribution in [0.5, 0.6) is 11.5 Å². The summed E-state index contributed by atoms with van der Waals surface area (Å²) >= 11 is 3.46. The van der Waals surface area contributed by atoms with Crippen molar-refractivity contribution >= 4 is 33.6 Å². The van der Waals surface area contributed by atoms with Crippen molar-refractivity contribution < 1.29 is 27.4 Å². The van der Waals surface area contributed by atoms with E-state index in [9.17, 15) is 23.2 Å². The lowest BCUT2D eigenvalue weighted by Gasteiger charge is -2.15. The van der Waals surface area contributed by atoms with Crippen LogP contribution in [0.25, 0.3) is 6.08 Å². The van der Waals surface area contributed by atoms with Crippen molar-refractivity contribution in [3.05, 3.63) is 93.0 Å². The molecule has 0 saturated heterocycles. The van der Waals surface area contributed by atoms with Crippen LogP contribution in [0.1, 0.15) is 29.2 Å². The van der Waals surface area contributed by atoms with Crippen LogP contribution in [0.2, 0.25) is 0 Å². The molecule has 0 aliphatic heterocycles. The summed E-state index contributed by atoms with van der Waals surface area (Å²) in [4.78, 5) is 12.6. The summed E-state index contributed by atoms with van der Waals surface area (Å²) in [5.74, 6) is 0.0212. The number of hydrogen-bond donors (Lipinski definition) is 1. The molecule has 1 amide bonds. The maximum Gasteiger partial charge on any atom is 0.416 e. The summed E-state index contributed by atoms with van der Waals surface area (Å²) in [6, 6.07) is 17.1. The Morgan fingerprint density at radius 3 is 2.47 bits per heavy atom. The first-order chi connectivity index (χ1) is 17.1. The van der Waals surface area contributed by atoms with E-state index >= 15 is 0 Å². The van der Waals surface area contributed by atoms with Crippen LogP contribution in [-0.2, 0) is 17.6 Å². The van der Waals surface area contributed by atoms with Crippen LogP contribution >= 0.6 is 15.9 Å². The van der Waals surface area contributed by atoms with Crippen molar-refractivity contribution in [2.45, 2.75) is 26.6 Å². The van der Waals surface area contributed by atoms with Gasteiger partial charge in [0, 0.05) is 5.69 Å². The minimum atomic E-state index is -4.56. The molecule has 0 unspecified atom stereocenters. The summed E-state index contributed by atoms with van der Waals surface area (Å²) < 4.78 is 51.1. The number of carbonyl (C=O) groups excluding carboxylic acids is 1. The second kappa shape index (κ2) is 11.8. The minimum Gasteiger partial charge on any atom is -0.490 e. The Labute approximate surface area is 215 Å². The highest BCUT2D eigenvalue weighted by molar-refractivity contribution is 9.10.